The second-order valence-corrected chi connectivity index (χ2v) is 10.2. The van der Waals surface area contributed by atoms with E-state index in [1.54, 1.807) is 0 Å². The Balaban J connectivity index is 0.000000234. The average molecular weight is 654 g/mol. The van der Waals surface area contributed by atoms with Crippen molar-refractivity contribution in [3.8, 4) is 5.69 Å². The first-order valence-electron chi connectivity index (χ1n) is 13.1. The number of carbonyl (C=O) groups is 3. The minimum absolute atomic E-state index is 0.0540. The number of methoxy groups -OCH3 is 1. The van der Waals surface area contributed by atoms with E-state index in [0.717, 1.165) is 35.0 Å². The number of aromatic nitrogens is 3. The van der Waals surface area contributed by atoms with Crippen LogP contribution in [0.5, 0.6) is 0 Å². The molecule has 1 heterocycles. The molecular formula is C28H35BrF2N6O5. The van der Waals surface area contributed by atoms with Crippen molar-refractivity contribution in [2.24, 2.45) is 5.92 Å². The highest BCUT2D eigenvalue weighted by Gasteiger charge is 2.22. The van der Waals surface area contributed by atoms with E-state index < -0.39 is 29.5 Å². The summed E-state index contributed by atoms with van der Waals surface area (Å²) in [6.45, 7) is 3.54. The fourth-order valence-electron chi connectivity index (χ4n) is 4.52. The van der Waals surface area contributed by atoms with E-state index in [-0.39, 0.29) is 32.7 Å². The fraction of sp³-hybridized carbons (Fsp3) is 0.393. The molecule has 0 bridgehead atoms. The number of esters is 1. The molecule has 0 spiro atoms. The zero-order chi connectivity index (χ0) is 31.4. The molecule has 228 valence electrons. The molecule has 0 saturated heterocycles. The number of benzene rings is 2. The standard InChI is InChI=1S/C11H9FN4O3.C9H19N.C8H7BrFNO2/c1-6(17)15-7-4-8(11(18)19)10(9(12)5-7)16-13-2-3-14-16;1-3-8-6-4-5-7-9(8)10-2;1-13-8(12)5-2-4(11)3-6(10)7(5)9/h2-5H,1H3,(H,15,17)(H,18,19);8-10H,3-7H2,1-2H3;2-3H,11H2,1H3. The van der Waals surface area contributed by atoms with Gasteiger partial charge in [-0.2, -0.15) is 10.2 Å². The monoisotopic (exact) mass is 652 g/mol. The van der Waals surface area contributed by atoms with Gasteiger partial charge >= 0.3 is 11.9 Å². The highest BCUT2D eigenvalue weighted by Crippen LogP contribution is 2.27. The van der Waals surface area contributed by atoms with Gasteiger partial charge in [0.2, 0.25) is 5.91 Å². The van der Waals surface area contributed by atoms with Crippen molar-refractivity contribution in [1.82, 2.24) is 20.3 Å². The number of aromatic carboxylic acids is 1. The summed E-state index contributed by atoms with van der Waals surface area (Å²) in [5.74, 6) is -2.88. The van der Waals surface area contributed by atoms with Gasteiger partial charge in [-0.15, -0.1) is 4.80 Å². The second kappa shape index (κ2) is 16.5. The summed E-state index contributed by atoms with van der Waals surface area (Å²) in [5, 5.41) is 22.2. The number of amides is 1. The van der Waals surface area contributed by atoms with Gasteiger partial charge in [0.1, 0.15) is 11.5 Å². The quantitative estimate of drug-likeness (QED) is 0.207. The Kier molecular flexibility index (Phi) is 13.5. The van der Waals surface area contributed by atoms with Crippen LogP contribution in [0.4, 0.5) is 20.2 Å². The van der Waals surface area contributed by atoms with Gasteiger partial charge in [0.05, 0.1) is 35.1 Å². The van der Waals surface area contributed by atoms with Crippen LogP contribution in [0.2, 0.25) is 0 Å². The number of ether oxygens (including phenoxy) is 1. The van der Waals surface area contributed by atoms with Gasteiger partial charge < -0.3 is 26.2 Å². The molecule has 1 fully saturated rings. The van der Waals surface area contributed by atoms with E-state index in [4.69, 9.17) is 10.8 Å². The van der Waals surface area contributed by atoms with Crippen LogP contribution in [0.15, 0.2) is 41.1 Å². The van der Waals surface area contributed by atoms with Crippen LogP contribution in [-0.4, -0.2) is 58.1 Å². The molecule has 1 aliphatic carbocycles. The SMILES string of the molecule is CC(=O)Nc1cc(F)c(-n2nccn2)c(C(=O)O)c1.CCC1CCCCC1NC.COC(=O)c1cc(N)cc(F)c1Br. The number of nitrogens with zero attached hydrogens (tertiary/aromatic N) is 3. The van der Waals surface area contributed by atoms with Crippen molar-refractivity contribution < 1.29 is 33.0 Å². The Morgan fingerprint density at radius 2 is 1.74 bits per heavy atom. The smallest absolute Gasteiger partial charge is 0.339 e. The molecule has 14 heteroatoms. The molecule has 3 aromatic rings. The van der Waals surface area contributed by atoms with Gasteiger partial charge in [-0.1, -0.05) is 26.2 Å². The molecule has 2 unspecified atom stereocenters. The number of nitrogens with one attached hydrogen (secondary N) is 2. The average Bonchev–Trinajstić information content (AvgIpc) is 3.49. The number of anilines is 2. The predicted octanol–water partition coefficient (Wildman–Crippen LogP) is 5.19. The number of halogens is 3. The number of hydrogen-bond acceptors (Lipinski definition) is 8. The van der Waals surface area contributed by atoms with Crippen LogP contribution >= 0.6 is 15.9 Å². The van der Waals surface area contributed by atoms with Gasteiger partial charge in [-0.25, -0.2) is 18.4 Å². The molecule has 2 atom stereocenters. The summed E-state index contributed by atoms with van der Waals surface area (Å²) >= 11 is 2.92. The Morgan fingerprint density at radius 3 is 2.26 bits per heavy atom. The Morgan fingerprint density at radius 1 is 1.10 bits per heavy atom. The van der Waals surface area contributed by atoms with Gasteiger partial charge in [0, 0.05) is 24.3 Å². The molecule has 42 heavy (non-hydrogen) atoms. The molecule has 1 aromatic heterocycles. The van der Waals surface area contributed by atoms with E-state index >= 15 is 0 Å². The zero-order valence-electron chi connectivity index (χ0n) is 23.8. The molecule has 4 rings (SSSR count). The maximum Gasteiger partial charge on any atom is 0.339 e. The van der Waals surface area contributed by atoms with E-state index in [1.807, 2.05) is 0 Å². The van der Waals surface area contributed by atoms with Gasteiger partial charge in [-0.05, 0) is 66.0 Å². The van der Waals surface area contributed by atoms with Gasteiger partial charge in [-0.3, -0.25) is 4.79 Å². The highest BCUT2D eigenvalue weighted by molar-refractivity contribution is 9.10. The first-order chi connectivity index (χ1) is 19.9. The molecule has 0 radical (unpaired) electrons. The maximum atomic E-state index is 14.0. The summed E-state index contributed by atoms with van der Waals surface area (Å²) in [6.07, 6.45) is 9.68. The summed E-state index contributed by atoms with van der Waals surface area (Å²) in [5.41, 5.74) is 5.04. The fourth-order valence-corrected chi connectivity index (χ4v) is 4.91. The minimum atomic E-state index is -1.35. The van der Waals surface area contributed by atoms with Gasteiger partial charge in [0.25, 0.3) is 0 Å². The van der Waals surface area contributed by atoms with Crippen LogP contribution in [-0.2, 0) is 9.53 Å². The van der Waals surface area contributed by atoms with Crippen LogP contribution in [0.25, 0.3) is 5.69 Å². The van der Waals surface area contributed by atoms with Crippen molar-refractivity contribution in [2.45, 2.75) is 52.0 Å². The normalized spacial score (nSPS) is 15.8. The first-order valence-corrected chi connectivity index (χ1v) is 13.9. The van der Waals surface area contributed by atoms with Crippen molar-refractivity contribution >= 4 is 45.2 Å². The Labute approximate surface area is 250 Å². The van der Waals surface area contributed by atoms with Crippen LogP contribution < -0.4 is 16.4 Å². The lowest BCUT2D eigenvalue weighted by atomic mass is 9.83. The lowest BCUT2D eigenvalue weighted by Gasteiger charge is -2.30. The molecule has 2 aromatic carbocycles. The number of rotatable bonds is 6. The first kappa shape index (κ1) is 34.3. The molecular weight excluding hydrogens is 618 g/mol. The number of carboxylic acid groups (broad SMARTS) is 1. The predicted molar refractivity (Wildman–Crippen MR) is 158 cm³/mol. The van der Waals surface area contributed by atoms with Crippen molar-refractivity contribution in [1.29, 1.82) is 0 Å². The van der Waals surface area contributed by atoms with Crippen molar-refractivity contribution in [3.63, 3.8) is 0 Å². The summed E-state index contributed by atoms with van der Waals surface area (Å²) in [6, 6.07) is 5.44. The van der Waals surface area contributed by atoms with Crippen LogP contribution in [0.3, 0.4) is 0 Å². The maximum absolute atomic E-state index is 14.0. The summed E-state index contributed by atoms with van der Waals surface area (Å²) < 4.78 is 31.5. The molecule has 11 nitrogen and oxygen atoms in total. The molecule has 1 amide bonds. The molecule has 1 saturated carbocycles. The van der Waals surface area contributed by atoms with E-state index in [1.165, 1.54) is 64.6 Å². The summed E-state index contributed by atoms with van der Waals surface area (Å²) in [4.78, 5) is 34.0. The third kappa shape index (κ3) is 9.58. The highest BCUT2D eigenvalue weighted by atomic mass is 79.9. The van der Waals surface area contributed by atoms with Gasteiger partial charge in [0.15, 0.2) is 5.82 Å². The third-order valence-electron chi connectivity index (χ3n) is 6.49. The van der Waals surface area contributed by atoms with E-state index in [2.05, 4.69) is 55.5 Å². The number of nitrogens with two attached hydrogens (primary N) is 1. The van der Waals surface area contributed by atoms with E-state index in [0.29, 0.717) is 0 Å². The Hall–Kier alpha value is -3.91. The zero-order valence-corrected chi connectivity index (χ0v) is 25.4. The minimum Gasteiger partial charge on any atom is -0.478 e. The number of carboxylic acids is 1. The van der Waals surface area contributed by atoms with Crippen molar-refractivity contribution in [2.75, 3.05) is 25.2 Å². The molecule has 1 aliphatic rings. The van der Waals surface area contributed by atoms with Crippen molar-refractivity contribution in [3.05, 3.63) is 63.9 Å². The molecule has 5 N–H and O–H groups in total. The lowest BCUT2D eigenvalue weighted by molar-refractivity contribution is -0.114. The number of carbonyl (C=O) groups excluding carboxylic acids is 2. The topological polar surface area (TPSA) is 161 Å². The number of nitrogen functional groups attached to an aromatic ring is 1. The molecule has 0 aliphatic heterocycles. The number of hydrogen-bond donors (Lipinski definition) is 4. The largest absolute Gasteiger partial charge is 0.478 e. The summed E-state index contributed by atoms with van der Waals surface area (Å²) in [7, 11) is 3.31. The van der Waals surface area contributed by atoms with E-state index in [9.17, 15) is 23.2 Å². The Bertz CT molecular complexity index is 1360. The van der Waals surface area contributed by atoms with Crippen LogP contribution in [0, 0.1) is 17.6 Å². The van der Waals surface area contributed by atoms with Crippen LogP contribution in [0.1, 0.15) is 66.7 Å². The lowest BCUT2D eigenvalue weighted by Crippen LogP contribution is -2.35. The third-order valence-corrected chi connectivity index (χ3v) is 7.30. The second-order valence-electron chi connectivity index (χ2n) is 9.36.